The van der Waals surface area contributed by atoms with Gasteiger partial charge in [0, 0.05) is 36.9 Å². The number of aryl methyl sites for hydroxylation is 1. The third-order valence-corrected chi connectivity index (χ3v) is 7.42. The number of allylic oxidation sites excluding steroid dienone is 2. The highest BCUT2D eigenvalue weighted by molar-refractivity contribution is 7.99. The Bertz CT molecular complexity index is 727. The Hall–Kier alpha value is -1.63. The first-order valence-corrected chi connectivity index (χ1v) is 12.0. The summed E-state index contributed by atoms with van der Waals surface area (Å²) in [7, 11) is 0. The summed E-state index contributed by atoms with van der Waals surface area (Å²) in [6.07, 6.45) is 7.40. The first-order valence-electron chi connectivity index (χ1n) is 10.9. The minimum absolute atomic E-state index is 0.0203. The lowest BCUT2D eigenvalue weighted by Crippen LogP contribution is -2.48. The Kier molecular flexibility index (Phi) is 8.97. The van der Waals surface area contributed by atoms with Crippen molar-refractivity contribution in [3.8, 4) is 0 Å². The molecule has 1 aliphatic heterocycles. The molecule has 164 valence electrons. The molecule has 1 aromatic rings. The number of morpholine rings is 1. The van der Waals surface area contributed by atoms with Crippen LogP contribution in [-0.4, -0.2) is 59.4 Å². The standard InChI is InChI=1S/C24H33NO4S/c1-18-8-10-19(11-9-18)17-30-22-16-21(26)24(25-12-14-29-15-13-25)20(22)6-4-2-3-5-7-23(27)28/h2,4,8-11,20,22,24H,3,5-7,12-17H2,1H3,(H,27,28)/t20-,22-,24+/m1/s1. The third-order valence-electron chi connectivity index (χ3n) is 5.98. The van der Waals surface area contributed by atoms with E-state index < -0.39 is 5.97 Å². The molecule has 6 heteroatoms. The van der Waals surface area contributed by atoms with E-state index in [-0.39, 0.29) is 12.5 Å². The van der Waals surface area contributed by atoms with E-state index in [0.29, 0.717) is 43.0 Å². The minimum Gasteiger partial charge on any atom is -0.481 e. The maximum Gasteiger partial charge on any atom is 0.303 e. The molecule has 30 heavy (non-hydrogen) atoms. The van der Waals surface area contributed by atoms with Crippen molar-refractivity contribution in [2.75, 3.05) is 26.3 Å². The summed E-state index contributed by atoms with van der Waals surface area (Å²) < 4.78 is 5.50. The fourth-order valence-corrected chi connectivity index (χ4v) is 5.72. The number of aliphatic carboxylic acids is 1. The molecule has 1 aliphatic carbocycles. The van der Waals surface area contributed by atoms with Crippen LogP contribution in [-0.2, 0) is 20.1 Å². The van der Waals surface area contributed by atoms with E-state index in [2.05, 4.69) is 48.2 Å². The molecule has 3 rings (SSSR count). The zero-order valence-corrected chi connectivity index (χ0v) is 18.6. The van der Waals surface area contributed by atoms with Gasteiger partial charge < -0.3 is 9.84 Å². The van der Waals surface area contributed by atoms with Crippen LogP contribution in [0.25, 0.3) is 0 Å². The Labute approximate surface area is 183 Å². The number of hydrogen-bond donors (Lipinski definition) is 1. The fraction of sp³-hybridized carbons (Fsp3) is 0.583. The van der Waals surface area contributed by atoms with Gasteiger partial charge in [0.25, 0.3) is 0 Å². The van der Waals surface area contributed by atoms with Crippen molar-refractivity contribution in [1.82, 2.24) is 4.90 Å². The summed E-state index contributed by atoms with van der Waals surface area (Å²) in [5, 5.41) is 9.09. The number of benzene rings is 1. The second-order valence-corrected chi connectivity index (χ2v) is 9.48. The summed E-state index contributed by atoms with van der Waals surface area (Å²) in [4.78, 5) is 26.0. The van der Waals surface area contributed by atoms with Crippen molar-refractivity contribution in [3.05, 3.63) is 47.5 Å². The molecule has 2 aliphatic rings. The second kappa shape index (κ2) is 11.7. The van der Waals surface area contributed by atoms with E-state index in [4.69, 9.17) is 9.84 Å². The van der Waals surface area contributed by atoms with E-state index in [1.807, 2.05) is 11.8 Å². The maximum atomic E-state index is 13.0. The number of carboxylic acid groups (broad SMARTS) is 1. The van der Waals surface area contributed by atoms with Gasteiger partial charge in [0.15, 0.2) is 5.78 Å². The molecule has 2 fully saturated rings. The average Bonchev–Trinajstić information content (AvgIpc) is 3.05. The van der Waals surface area contributed by atoms with Crippen molar-refractivity contribution in [1.29, 1.82) is 0 Å². The molecule has 1 saturated heterocycles. The van der Waals surface area contributed by atoms with Crippen molar-refractivity contribution in [3.63, 3.8) is 0 Å². The maximum absolute atomic E-state index is 13.0. The van der Waals surface area contributed by atoms with Gasteiger partial charge in [-0.25, -0.2) is 0 Å². The molecular weight excluding hydrogens is 398 g/mol. The van der Waals surface area contributed by atoms with E-state index in [9.17, 15) is 9.59 Å². The number of unbranched alkanes of at least 4 members (excludes halogenated alkanes) is 1. The topological polar surface area (TPSA) is 66.8 Å². The first-order chi connectivity index (χ1) is 14.5. The molecular formula is C24H33NO4S. The van der Waals surface area contributed by atoms with Crippen LogP contribution in [0.4, 0.5) is 0 Å². The van der Waals surface area contributed by atoms with Crippen LogP contribution in [0.3, 0.4) is 0 Å². The molecule has 0 amide bonds. The van der Waals surface area contributed by atoms with Crippen molar-refractivity contribution in [2.45, 2.75) is 56.1 Å². The highest BCUT2D eigenvalue weighted by atomic mass is 32.2. The van der Waals surface area contributed by atoms with Gasteiger partial charge in [-0.3, -0.25) is 14.5 Å². The average molecular weight is 432 g/mol. The summed E-state index contributed by atoms with van der Waals surface area (Å²) in [5.74, 6) is 0.835. The van der Waals surface area contributed by atoms with Crippen LogP contribution in [0.5, 0.6) is 0 Å². The minimum atomic E-state index is -0.746. The Morgan fingerprint density at radius 2 is 1.97 bits per heavy atom. The lowest BCUT2D eigenvalue weighted by molar-refractivity contribution is -0.137. The zero-order chi connectivity index (χ0) is 21.3. The van der Waals surface area contributed by atoms with Crippen LogP contribution < -0.4 is 0 Å². The number of nitrogens with zero attached hydrogens (tertiary/aromatic N) is 1. The summed E-state index contributed by atoms with van der Waals surface area (Å²) in [6.45, 7) is 5.14. The van der Waals surface area contributed by atoms with Crippen LogP contribution >= 0.6 is 11.8 Å². The summed E-state index contributed by atoms with van der Waals surface area (Å²) in [6, 6.07) is 8.62. The number of ether oxygens (including phenoxy) is 1. The smallest absolute Gasteiger partial charge is 0.303 e. The van der Waals surface area contributed by atoms with Crippen LogP contribution in [0.15, 0.2) is 36.4 Å². The van der Waals surface area contributed by atoms with E-state index in [0.717, 1.165) is 31.7 Å². The number of thioether (sulfide) groups is 1. The Morgan fingerprint density at radius 1 is 1.23 bits per heavy atom. The number of hydrogen-bond acceptors (Lipinski definition) is 5. The third kappa shape index (κ3) is 6.69. The molecule has 1 N–H and O–H groups in total. The van der Waals surface area contributed by atoms with Crippen molar-refractivity contribution >= 4 is 23.5 Å². The number of carboxylic acids is 1. The van der Waals surface area contributed by atoms with Gasteiger partial charge in [0.1, 0.15) is 0 Å². The summed E-state index contributed by atoms with van der Waals surface area (Å²) in [5.41, 5.74) is 2.56. The first kappa shape index (κ1) is 23.0. The normalized spacial score (nSPS) is 25.2. The number of Topliss-reactive ketones (excluding diaryl/α,β-unsaturated/α-hetero) is 1. The SMILES string of the molecule is Cc1ccc(CS[C@@H]2CC(=O)[C@@H](N3CCOCC3)[C@@H]2CC=CCCCC(=O)O)cc1. The van der Waals surface area contributed by atoms with Crippen molar-refractivity contribution < 1.29 is 19.4 Å². The number of carbonyl (C=O) groups is 2. The molecule has 0 unspecified atom stereocenters. The molecule has 5 nitrogen and oxygen atoms in total. The van der Waals surface area contributed by atoms with Gasteiger partial charge in [-0.05, 0) is 37.7 Å². The quantitative estimate of drug-likeness (QED) is 0.445. The number of ketones is 1. The number of carbonyl (C=O) groups excluding carboxylic acids is 1. The van der Waals surface area contributed by atoms with E-state index in [1.165, 1.54) is 11.1 Å². The lowest BCUT2D eigenvalue weighted by Gasteiger charge is -2.35. The Balaban J connectivity index is 1.62. The Morgan fingerprint density at radius 3 is 2.67 bits per heavy atom. The second-order valence-electron chi connectivity index (χ2n) is 8.26. The van der Waals surface area contributed by atoms with E-state index >= 15 is 0 Å². The van der Waals surface area contributed by atoms with Gasteiger partial charge in [-0.1, -0.05) is 42.0 Å². The lowest BCUT2D eigenvalue weighted by atomic mass is 9.96. The molecule has 0 radical (unpaired) electrons. The van der Waals surface area contributed by atoms with Gasteiger partial charge in [0.05, 0.1) is 19.3 Å². The fourth-order valence-electron chi connectivity index (χ4n) is 4.34. The zero-order valence-electron chi connectivity index (χ0n) is 17.8. The van der Waals surface area contributed by atoms with Gasteiger partial charge in [0.2, 0.25) is 0 Å². The highest BCUT2D eigenvalue weighted by Crippen LogP contribution is 2.39. The molecule has 0 spiro atoms. The van der Waals surface area contributed by atoms with Gasteiger partial charge in [-0.2, -0.15) is 11.8 Å². The van der Waals surface area contributed by atoms with Crippen molar-refractivity contribution in [2.24, 2.45) is 5.92 Å². The molecule has 3 atom stereocenters. The van der Waals surface area contributed by atoms with Crippen LogP contribution in [0, 0.1) is 12.8 Å². The number of rotatable bonds is 10. The molecule has 1 aromatic carbocycles. The summed E-state index contributed by atoms with van der Waals surface area (Å²) >= 11 is 1.90. The predicted molar refractivity (Wildman–Crippen MR) is 121 cm³/mol. The van der Waals surface area contributed by atoms with Gasteiger partial charge in [-0.15, -0.1) is 0 Å². The predicted octanol–water partition coefficient (Wildman–Crippen LogP) is 4.09. The largest absolute Gasteiger partial charge is 0.481 e. The highest BCUT2D eigenvalue weighted by Gasteiger charge is 2.45. The molecule has 1 saturated carbocycles. The van der Waals surface area contributed by atoms with Crippen LogP contribution in [0.2, 0.25) is 0 Å². The monoisotopic (exact) mass is 431 g/mol. The molecule has 0 aromatic heterocycles. The molecule has 1 heterocycles. The van der Waals surface area contributed by atoms with Crippen LogP contribution in [0.1, 0.15) is 43.2 Å². The van der Waals surface area contributed by atoms with Gasteiger partial charge >= 0.3 is 5.97 Å². The molecule has 0 bridgehead atoms. The van der Waals surface area contributed by atoms with E-state index in [1.54, 1.807) is 0 Å².